The van der Waals surface area contributed by atoms with Gasteiger partial charge in [0.25, 0.3) is 0 Å². The van der Waals surface area contributed by atoms with Crippen molar-refractivity contribution < 1.29 is 19.4 Å². The number of hydrogen-bond acceptors (Lipinski definition) is 4. The lowest BCUT2D eigenvalue weighted by atomic mass is 9.92. The number of Topliss-reactive ketones (excluding diaryl/α,β-unsaturated/α-hetero) is 1. The van der Waals surface area contributed by atoms with E-state index in [0.29, 0.717) is 18.1 Å². The highest BCUT2D eigenvalue weighted by atomic mass is 16.5. The first-order valence-electron chi connectivity index (χ1n) is 8.75. The number of allylic oxidation sites excluding steroid dienone is 1. The number of benzene rings is 2. The van der Waals surface area contributed by atoms with Crippen molar-refractivity contribution in [2.24, 2.45) is 0 Å². The quantitative estimate of drug-likeness (QED) is 0.781. The zero-order valence-corrected chi connectivity index (χ0v) is 15.6. The van der Waals surface area contributed by atoms with E-state index in [2.05, 4.69) is 6.07 Å². The number of ether oxygens (including phenoxy) is 2. The summed E-state index contributed by atoms with van der Waals surface area (Å²) in [6, 6.07) is 9.25. The van der Waals surface area contributed by atoms with Crippen LogP contribution in [-0.2, 0) is 0 Å². The third kappa shape index (κ3) is 3.74. The first kappa shape index (κ1) is 18.1. The summed E-state index contributed by atoms with van der Waals surface area (Å²) in [4.78, 5) is 12.6. The lowest BCUT2D eigenvalue weighted by molar-refractivity contribution is 0.0844. The maximum absolute atomic E-state index is 12.6. The van der Waals surface area contributed by atoms with Crippen LogP contribution in [0, 0.1) is 13.8 Å². The molecule has 1 unspecified atom stereocenters. The maximum Gasteiger partial charge on any atom is 0.174 e. The molecular formula is C22H24O4. The van der Waals surface area contributed by atoms with Crippen LogP contribution in [0.25, 0.3) is 0 Å². The highest BCUT2D eigenvalue weighted by molar-refractivity contribution is 6.02. The Balaban J connectivity index is 1.91. The van der Waals surface area contributed by atoms with Crippen LogP contribution in [0.15, 0.2) is 42.0 Å². The Morgan fingerprint density at radius 1 is 1.27 bits per heavy atom. The Hall–Kier alpha value is -2.75. The molecule has 1 aliphatic heterocycles. The molecule has 26 heavy (non-hydrogen) atoms. The highest BCUT2D eigenvalue weighted by Crippen LogP contribution is 2.42. The summed E-state index contributed by atoms with van der Waals surface area (Å²) in [5.74, 6) is 0.634. The van der Waals surface area contributed by atoms with E-state index in [-0.39, 0.29) is 29.6 Å². The van der Waals surface area contributed by atoms with Crippen LogP contribution in [0.3, 0.4) is 0 Å². The van der Waals surface area contributed by atoms with Gasteiger partial charge in [0, 0.05) is 12.1 Å². The molecule has 3 rings (SSSR count). The fourth-order valence-corrected chi connectivity index (χ4v) is 3.16. The van der Waals surface area contributed by atoms with Crippen molar-refractivity contribution in [1.82, 2.24) is 0 Å². The van der Waals surface area contributed by atoms with Gasteiger partial charge in [0.2, 0.25) is 0 Å². The van der Waals surface area contributed by atoms with E-state index in [9.17, 15) is 9.90 Å². The first-order chi connectivity index (χ1) is 12.3. The van der Waals surface area contributed by atoms with E-state index in [1.54, 1.807) is 6.07 Å². The molecule has 1 heterocycles. The van der Waals surface area contributed by atoms with Gasteiger partial charge in [-0.15, -0.1) is 0 Å². The third-order valence-electron chi connectivity index (χ3n) is 4.49. The molecule has 0 aromatic heterocycles. The van der Waals surface area contributed by atoms with Gasteiger partial charge in [-0.05, 0) is 44.9 Å². The Morgan fingerprint density at radius 3 is 2.73 bits per heavy atom. The van der Waals surface area contributed by atoms with E-state index in [1.165, 1.54) is 11.6 Å². The predicted molar refractivity (Wildman–Crippen MR) is 101 cm³/mol. The standard InChI is InChI=1S/C22H24O4/c1-13(2)7-8-25-16-10-18(23)22-19(24)12-20(26-21(22)11-16)17-6-5-14(3)9-15(17)4/h5-7,9-11,20,23H,8,12H2,1-4H3. The van der Waals surface area contributed by atoms with Gasteiger partial charge in [-0.25, -0.2) is 0 Å². The SMILES string of the molecule is CC(C)=CCOc1cc(O)c2c(c1)OC(c1ccc(C)cc1C)CC2=O. The summed E-state index contributed by atoms with van der Waals surface area (Å²) < 4.78 is 11.7. The highest BCUT2D eigenvalue weighted by Gasteiger charge is 2.31. The molecule has 0 amide bonds. The van der Waals surface area contributed by atoms with Gasteiger partial charge >= 0.3 is 0 Å². The van der Waals surface area contributed by atoms with Crippen LogP contribution in [0.5, 0.6) is 17.2 Å². The Labute approximate surface area is 154 Å². The van der Waals surface area contributed by atoms with Gasteiger partial charge in [0.05, 0.1) is 6.42 Å². The third-order valence-corrected chi connectivity index (χ3v) is 4.49. The van der Waals surface area contributed by atoms with Crippen LogP contribution >= 0.6 is 0 Å². The molecule has 1 atom stereocenters. The van der Waals surface area contributed by atoms with Crippen molar-refractivity contribution in [3.05, 3.63) is 64.2 Å². The average molecular weight is 352 g/mol. The Bertz CT molecular complexity index is 876. The smallest absolute Gasteiger partial charge is 0.174 e. The molecule has 4 nitrogen and oxygen atoms in total. The molecule has 2 aromatic carbocycles. The molecule has 2 aromatic rings. The van der Waals surface area contributed by atoms with Crippen molar-refractivity contribution in [1.29, 1.82) is 0 Å². The van der Waals surface area contributed by atoms with Crippen LogP contribution in [0.2, 0.25) is 0 Å². The second kappa shape index (κ2) is 7.24. The molecule has 0 saturated carbocycles. The van der Waals surface area contributed by atoms with Crippen molar-refractivity contribution in [3.8, 4) is 17.2 Å². The topological polar surface area (TPSA) is 55.8 Å². The summed E-state index contributed by atoms with van der Waals surface area (Å²) in [7, 11) is 0. The molecule has 4 heteroatoms. The van der Waals surface area contributed by atoms with Gasteiger partial charge in [0.1, 0.15) is 35.5 Å². The number of ketones is 1. The number of aryl methyl sites for hydroxylation is 2. The van der Waals surface area contributed by atoms with Crippen molar-refractivity contribution in [2.45, 2.75) is 40.2 Å². The molecule has 1 N–H and O–H groups in total. The second-order valence-corrected chi connectivity index (χ2v) is 7.00. The molecule has 1 aliphatic rings. The summed E-state index contributed by atoms with van der Waals surface area (Å²) in [5, 5.41) is 10.3. The molecular weight excluding hydrogens is 328 g/mol. The fraction of sp³-hybridized carbons (Fsp3) is 0.318. The lowest BCUT2D eigenvalue weighted by Crippen LogP contribution is -2.21. The minimum atomic E-state index is -0.358. The van der Waals surface area contributed by atoms with Crippen molar-refractivity contribution >= 4 is 5.78 Å². The normalized spacial score (nSPS) is 15.8. The molecule has 0 spiro atoms. The second-order valence-electron chi connectivity index (χ2n) is 7.00. The zero-order valence-electron chi connectivity index (χ0n) is 15.6. The van der Waals surface area contributed by atoms with Crippen LogP contribution in [-0.4, -0.2) is 17.5 Å². The van der Waals surface area contributed by atoms with Crippen molar-refractivity contribution in [2.75, 3.05) is 6.61 Å². The predicted octanol–water partition coefficient (Wildman–Crippen LogP) is 5.06. The molecule has 0 radical (unpaired) electrons. The van der Waals surface area contributed by atoms with Gasteiger partial charge in [0.15, 0.2) is 5.78 Å². The number of phenolic OH excluding ortho intramolecular Hbond substituents is 1. The molecule has 0 saturated heterocycles. The van der Waals surface area contributed by atoms with E-state index in [4.69, 9.17) is 9.47 Å². The molecule has 136 valence electrons. The molecule has 0 bridgehead atoms. The van der Waals surface area contributed by atoms with E-state index in [0.717, 1.165) is 16.7 Å². The molecule has 0 aliphatic carbocycles. The minimum absolute atomic E-state index is 0.0984. The minimum Gasteiger partial charge on any atom is -0.507 e. The Kier molecular flexibility index (Phi) is 5.03. The van der Waals surface area contributed by atoms with Gasteiger partial charge in [-0.3, -0.25) is 4.79 Å². The van der Waals surface area contributed by atoms with Crippen LogP contribution in [0.4, 0.5) is 0 Å². The number of phenols is 1. The number of carbonyl (C=O) groups excluding carboxylic acids is 1. The Morgan fingerprint density at radius 2 is 2.04 bits per heavy atom. The molecule has 0 fully saturated rings. The van der Waals surface area contributed by atoms with E-state index >= 15 is 0 Å². The lowest BCUT2D eigenvalue weighted by Gasteiger charge is -2.27. The largest absolute Gasteiger partial charge is 0.507 e. The summed E-state index contributed by atoms with van der Waals surface area (Å²) in [5.41, 5.74) is 4.63. The van der Waals surface area contributed by atoms with Gasteiger partial charge in [-0.2, -0.15) is 0 Å². The van der Waals surface area contributed by atoms with E-state index in [1.807, 2.05) is 45.9 Å². The maximum atomic E-state index is 12.6. The van der Waals surface area contributed by atoms with E-state index < -0.39 is 0 Å². The number of fused-ring (bicyclic) bond motifs is 1. The summed E-state index contributed by atoms with van der Waals surface area (Å²) in [6.07, 6.45) is 1.80. The summed E-state index contributed by atoms with van der Waals surface area (Å²) in [6.45, 7) is 8.43. The number of carbonyl (C=O) groups is 1. The van der Waals surface area contributed by atoms with Crippen molar-refractivity contribution in [3.63, 3.8) is 0 Å². The first-order valence-corrected chi connectivity index (χ1v) is 8.75. The number of hydrogen-bond donors (Lipinski definition) is 1. The number of rotatable bonds is 4. The van der Waals surface area contributed by atoms with Crippen LogP contribution < -0.4 is 9.47 Å². The zero-order chi connectivity index (χ0) is 18.8. The van der Waals surface area contributed by atoms with Gasteiger partial charge < -0.3 is 14.6 Å². The number of aromatic hydroxyl groups is 1. The fourth-order valence-electron chi connectivity index (χ4n) is 3.16. The van der Waals surface area contributed by atoms with Crippen LogP contribution in [0.1, 0.15) is 53.4 Å². The average Bonchev–Trinajstić information content (AvgIpc) is 2.53. The summed E-state index contributed by atoms with van der Waals surface area (Å²) >= 11 is 0. The van der Waals surface area contributed by atoms with Gasteiger partial charge in [-0.1, -0.05) is 29.3 Å². The monoisotopic (exact) mass is 352 g/mol.